The quantitative estimate of drug-likeness (QED) is 0.293. The van der Waals surface area contributed by atoms with Crippen molar-refractivity contribution >= 4 is 39.8 Å². The number of aromatic nitrogens is 2. The molecule has 0 aromatic carbocycles. The third-order valence-corrected chi connectivity index (χ3v) is 9.47. The summed E-state index contributed by atoms with van der Waals surface area (Å²) >= 11 is 1.74. The van der Waals surface area contributed by atoms with Crippen LogP contribution in [0.1, 0.15) is 63.6 Å². The molecule has 0 saturated carbocycles. The van der Waals surface area contributed by atoms with E-state index in [0.717, 1.165) is 12.2 Å². The first kappa shape index (κ1) is 34.3. The number of rotatable bonds is 12. The van der Waals surface area contributed by atoms with Crippen molar-refractivity contribution in [1.82, 2.24) is 28.8 Å². The largest absolute Gasteiger partial charge is 0.465 e. The Kier molecular flexibility index (Phi) is 12.2. The van der Waals surface area contributed by atoms with Crippen molar-refractivity contribution in [1.29, 1.82) is 0 Å². The van der Waals surface area contributed by atoms with E-state index >= 15 is 0 Å². The fourth-order valence-corrected chi connectivity index (χ4v) is 6.82. The zero-order chi connectivity index (χ0) is 31.1. The summed E-state index contributed by atoms with van der Waals surface area (Å²) in [5, 5.41) is 13.3. The summed E-state index contributed by atoms with van der Waals surface area (Å²) in [7, 11) is -3.87. The fourth-order valence-electron chi connectivity index (χ4n) is 5.02. The molecule has 2 aliphatic rings. The van der Waals surface area contributed by atoms with Crippen molar-refractivity contribution in [3.63, 3.8) is 0 Å². The van der Waals surface area contributed by atoms with Crippen LogP contribution >= 0.6 is 11.8 Å². The van der Waals surface area contributed by atoms with Crippen molar-refractivity contribution in [2.24, 2.45) is 5.92 Å². The van der Waals surface area contributed by atoms with Crippen molar-refractivity contribution in [2.75, 3.05) is 69.8 Å². The Morgan fingerprint density at radius 3 is 2.52 bits per heavy atom. The molecule has 1 aromatic rings. The lowest BCUT2D eigenvalue weighted by molar-refractivity contribution is 0.0461. The van der Waals surface area contributed by atoms with Crippen LogP contribution in [0, 0.1) is 5.92 Å². The predicted octanol–water partition coefficient (Wildman–Crippen LogP) is 2.32. The maximum Gasteiger partial charge on any atom is 0.407 e. The normalized spacial score (nSPS) is 20.5. The van der Waals surface area contributed by atoms with Gasteiger partial charge >= 0.3 is 6.09 Å². The highest BCUT2D eigenvalue weighted by atomic mass is 32.2. The summed E-state index contributed by atoms with van der Waals surface area (Å²) in [5.41, 5.74) is -0.0174. The number of hydrogen-bond donors (Lipinski definition) is 3. The molecule has 13 nitrogen and oxygen atoms in total. The summed E-state index contributed by atoms with van der Waals surface area (Å²) in [6.07, 6.45) is 3.58. The first-order valence-corrected chi connectivity index (χ1v) is 17.3. The molecule has 0 aliphatic carbocycles. The van der Waals surface area contributed by atoms with Crippen molar-refractivity contribution in [3.8, 4) is 0 Å². The number of morpholine rings is 1. The summed E-state index contributed by atoms with van der Waals surface area (Å²) in [5.74, 6) is 1.77. The second-order valence-electron chi connectivity index (χ2n) is 12.2. The molecule has 0 bridgehead atoms. The van der Waals surface area contributed by atoms with E-state index in [9.17, 15) is 23.1 Å². The number of carbonyl (C=O) groups is 2. The zero-order valence-corrected chi connectivity index (χ0v) is 27.3. The number of piperidine rings is 1. The molecule has 3 N–H and O–H groups in total. The SMILES string of the molecule is CSCCCNc1nc(C(C)(C)C)ncc1C(=O)N(CC(C)C)[C@H]1C[C@@H](NS(=O)(=O)N2CCOCC2)CN(C(=O)O)C1. The summed E-state index contributed by atoms with van der Waals surface area (Å²) in [4.78, 5) is 38.5. The van der Waals surface area contributed by atoms with E-state index in [4.69, 9.17) is 9.72 Å². The molecule has 238 valence electrons. The standard InChI is InChI=1S/C27H47N7O6S2/c1-19(2)16-34(24(35)22-15-29-25(27(3,4)5)30-23(22)28-8-7-13-41-6)21-14-20(17-32(18-21)26(36)37)31-42(38,39)33-9-11-40-12-10-33/h15,19-21,31H,7-14,16-18H2,1-6H3,(H,36,37)(H,28,29,30)/t20-,21+/m1/s1. The molecule has 0 spiro atoms. The number of anilines is 1. The average molecular weight is 630 g/mol. The van der Waals surface area contributed by atoms with Gasteiger partial charge in [-0.25, -0.2) is 14.8 Å². The van der Waals surface area contributed by atoms with Crippen LogP contribution in [-0.4, -0.2) is 126 Å². The zero-order valence-electron chi connectivity index (χ0n) is 25.6. The summed E-state index contributed by atoms with van der Waals surface area (Å²) in [6, 6.07) is -1.27. The summed E-state index contributed by atoms with van der Waals surface area (Å²) in [6.45, 7) is 12.1. The van der Waals surface area contributed by atoms with Gasteiger partial charge in [0.15, 0.2) is 0 Å². The molecule has 2 aliphatic heterocycles. The van der Waals surface area contributed by atoms with Crippen molar-refractivity contribution < 1.29 is 27.9 Å². The van der Waals surface area contributed by atoms with Gasteiger partial charge < -0.3 is 25.0 Å². The number of thioether (sulfide) groups is 1. The molecule has 3 rings (SSSR count). The van der Waals surface area contributed by atoms with E-state index in [1.165, 1.54) is 9.21 Å². The van der Waals surface area contributed by atoms with Gasteiger partial charge in [0.05, 0.1) is 19.3 Å². The molecule has 1 aromatic heterocycles. The van der Waals surface area contributed by atoms with Crippen LogP contribution in [0.25, 0.3) is 0 Å². The number of ether oxygens (including phenoxy) is 1. The maximum atomic E-state index is 14.2. The monoisotopic (exact) mass is 629 g/mol. The van der Waals surface area contributed by atoms with Crippen LogP contribution in [0.3, 0.4) is 0 Å². The lowest BCUT2D eigenvalue weighted by Gasteiger charge is -2.43. The highest BCUT2D eigenvalue weighted by Crippen LogP contribution is 2.26. The molecule has 42 heavy (non-hydrogen) atoms. The van der Waals surface area contributed by atoms with E-state index in [0.29, 0.717) is 43.5 Å². The number of hydrogen-bond acceptors (Lipinski definition) is 9. The van der Waals surface area contributed by atoms with Crippen LogP contribution in [-0.2, 0) is 20.4 Å². The van der Waals surface area contributed by atoms with Gasteiger partial charge in [0.1, 0.15) is 17.2 Å². The Labute approximate surface area is 254 Å². The van der Waals surface area contributed by atoms with Gasteiger partial charge in [-0.2, -0.15) is 29.2 Å². The van der Waals surface area contributed by atoms with E-state index in [1.54, 1.807) is 22.9 Å². The van der Waals surface area contributed by atoms with Gasteiger partial charge in [0.25, 0.3) is 16.1 Å². The average Bonchev–Trinajstić information content (AvgIpc) is 2.93. The van der Waals surface area contributed by atoms with Gasteiger partial charge in [-0.1, -0.05) is 34.6 Å². The Balaban J connectivity index is 1.93. The Hall–Kier alpha value is -2.20. The van der Waals surface area contributed by atoms with Crippen LogP contribution in [0.4, 0.5) is 10.6 Å². The first-order chi connectivity index (χ1) is 19.7. The molecule has 15 heteroatoms. The molecule has 2 amide bonds. The molecule has 2 atom stereocenters. The number of likely N-dealkylation sites (tertiary alicyclic amines) is 1. The summed E-state index contributed by atoms with van der Waals surface area (Å²) < 4.78 is 35.6. The van der Waals surface area contributed by atoms with Crippen LogP contribution < -0.4 is 10.0 Å². The number of nitrogens with one attached hydrogen (secondary N) is 2. The van der Waals surface area contributed by atoms with Crippen molar-refractivity contribution in [2.45, 2.75) is 65.0 Å². The minimum atomic E-state index is -3.87. The highest BCUT2D eigenvalue weighted by Gasteiger charge is 2.39. The van der Waals surface area contributed by atoms with Gasteiger partial charge in [-0.05, 0) is 30.8 Å². The molecule has 0 unspecified atom stereocenters. The molecular weight excluding hydrogens is 582 g/mol. The van der Waals surface area contributed by atoms with E-state index < -0.39 is 28.4 Å². The second kappa shape index (κ2) is 15.0. The Morgan fingerprint density at radius 1 is 1.24 bits per heavy atom. The molecule has 2 fully saturated rings. The van der Waals surface area contributed by atoms with Crippen LogP contribution in [0.15, 0.2) is 6.20 Å². The first-order valence-electron chi connectivity index (χ1n) is 14.5. The van der Waals surface area contributed by atoms with E-state index in [-0.39, 0.29) is 49.8 Å². The van der Waals surface area contributed by atoms with E-state index in [2.05, 4.69) is 15.0 Å². The minimum absolute atomic E-state index is 0.00918. The van der Waals surface area contributed by atoms with Crippen LogP contribution in [0.2, 0.25) is 0 Å². The smallest absolute Gasteiger partial charge is 0.407 e. The molecule has 0 radical (unpaired) electrons. The van der Waals surface area contributed by atoms with Gasteiger partial charge in [0, 0.05) is 56.9 Å². The van der Waals surface area contributed by atoms with E-state index in [1.807, 2.05) is 40.9 Å². The second-order valence-corrected chi connectivity index (χ2v) is 14.9. The van der Waals surface area contributed by atoms with Gasteiger partial charge in [-0.3, -0.25) is 4.79 Å². The molecular formula is C27H47N7O6S2. The van der Waals surface area contributed by atoms with Crippen molar-refractivity contribution in [3.05, 3.63) is 17.6 Å². The van der Waals surface area contributed by atoms with Gasteiger partial charge in [0.2, 0.25) is 0 Å². The molecule has 2 saturated heterocycles. The lowest BCUT2D eigenvalue weighted by Crippen LogP contribution is -2.61. The number of amides is 2. The Morgan fingerprint density at radius 2 is 1.93 bits per heavy atom. The number of carboxylic acid groups (broad SMARTS) is 1. The van der Waals surface area contributed by atoms with Gasteiger partial charge in [-0.15, -0.1) is 0 Å². The lowest BCUT2D eigenvalue weighted by atomic mass is 9.95. The number of nitrogens with zero attached hydrogens (tertiary/aromatic N) is 5. The van der Waals surface area contributed by atoms with Crippen LogP contribution in [0.5, 0.6) is 0 Å². The Bertz CT molecular complexity index is 1170. The topological polar surface area (TPSA) is 157 Å². The minimum Gasteiger partial charge on any atom is -0.465 e. The third-order valence-electron chi connectivity index (χ3n) is 7.10. The maximum absolute atomic E-state index is 14.2. The fraction of sp³-hybridized carbons (Fsp3) is 0.778. The predicted molar refractivity (Wildman–Crippen MR) is 164 cm³/mol. The number of carbonyl (C=O) groups excluding carboxylic acids is 1. The third kappa shape index (κ3) is 9.40. The highest BCUT2D eigenvalue weighted by molar-refractivity contribution is 7.98. The molecule has 3 heterocycles.